The fraction of sp³-hybridized carbons (Fsp3) is 0.143. The summed E-state index contributed by atoms with van der Waals surface area (Å²) in [6, 6.07) is 7.61. The van der Waals surface area contributed by atoms with Crippen LogP contribution in [0.1, 0.15) is 11.3 Å². The molecule has 0 fully saturated rings. The number of hydrogen-bond acceptors (Lipinski definition) is 2. The van der Waals surface area contributed by atoms with Crippen molar-refractivity contribution in [3.63, 3.8) is 0 Å². The van der Waals surface area contributed by atoms with E-state index in [1.807, 2.05) is 31.2 Å². The van der Waals surface area contributed by atoms with Gasteiger partial charge in [-0.15, -0.1) is 12.3 Å². The van der Waals surface area contributed by atoms with Crippen molar-refractivity contribution in [3.05, 3.63) is 45.9 Å². The molecule has 0 spiro atoms. The van der Waals surface area contributed by atoms with E-state index in [4.69, 9.17) is 6.42 Å². The maximum absolute atomic E-state index is 12.2. The first-order chi connectivity index (χ1) is 9.20. The van der Waals surface area contributed by atoms with Crippen LogP contribution in [0.5, 0.6) is 0 Å². The molecule has 3 aromatic rings. The van der Waals surface area contributed by atoms with Gasteiger partial charge in [0.05, 0.1) is 16.6 Å². The Hall–Kier alpha value is -2.74. The summed E-state index contributed by atoms with van der Waals surface area (Å²) >= 11 is 0. The number of nitrogens with zero attached hydrogens (tertiary/aromatic N) is 2. The number of terminal acetylenes is 1. The summed E-state index contributed by atoms with van der Waals surface area (Å²) in [5.41, 5.74) is 2.91. The smallest absolute Gasteiger partial charge is 0.278 e. The summed E-state index contributed by atoms with van der Waals surface area (Å²) in [5, 5.41) is 2.99. The van der Waals surface area contributed by atoms with Crippen molar-refractivity contribution in [1.82, 2.24) is 19.7 Å². The Balaban J connectivity index is 2.19. The van der Waals surface area contributed by atoms with Gasteiger partial charge in [-0.25, -0.2) is 4.98 Å². The van der Waals surface area contributed by atoms with Crippen LogP contribution >= 0.6 is 0 Å². The normalized spacial score (nSPS) is 10.7. The molecule has 0 aliphatic heterocycles. The molecule has 0 aliphatic rings. The zero-order chi connectivity index (χ0) is 13.4. The molecule has 0 aliphatic carbocycles. The van der Waals surface area contributed by atoms with E-state index >= 15 is 0 Å². The van der Waals surface area contributed by atoms with Gasteiger partial charge in [0.1, 0.15) is 0 Å². The van der Waals surface area contributed by atoms with Gasteiger partial charge in [-0.1, -0.05) is 12.1 Å². The third-order valence-corrected chi connectivity index (χ3v) is 3.06. The van der Waals surface area contributed by atoms with E-state index in [9.17, 15) is 4.79 Å². The lowest BCUT2D eigenvalue weighted by Gasteiger charge is -1.93. The summed E-state index contributed by atoms with van der Waals surface area (Å²) in [7, 11) is 0. The molecule has 0 saturated heterocycles. The summed E-state index contributed by atoms with van der Waals surface area (Å²) < 4.78 is 1.39. The largest absolute Gasteiger partial charge is 0.322 e. The van der Waals surface area contributed by atoms with Crippen LogP contribution in [0.3, 0.4) is 0 Å². The summed E-state index contributed by atoms with van der Waals surface area (Å²) in [4.78, 5) is 19.7. The standard InChI is InChI=1S/C14H12N4O/c1-3-6-10-9(2)17-18(13(10)19)14-15-11-7-4-5-8-12(11)16-14/h1,4-5,7-8,17H,6H2,2H3,(H,15,16). The lowest BCUT2D eigenvalue weighted by Crippen LogP contribution is -2.18. The molecule has 3 rings (SSSR count). The van der Waals surface area contributed by atoms with Gasteiger partial charge in [0.2, 0.25) is 5.95 Å². The van der Waals surface area contributed by atoms with Crippen LogP contribution < -0.4 is 5.56 Å². The molecule has 1 aromatic carbocycles. The van der Waals surface area contributed by atoms with E-state index < -0.39 is 0 Å². The van der Waals surface area contributed by atoms with E-state index in [2.05, 4.69) is 21.0 Å². The Labute approximate surface area is 109 Å². The molecule has 0 amide bonds. The highest BCUT2D eigenvalue weighted by molar-refractivity contribution is 5.75. The number of fused-ring (bicyclic) bond motifs is 1. The molecule has 19 heavy (non-hydrogen) atoms. The Kier molecular flexibility index (Phi) is 2.50. The highest BCUT2D eigenvalue weighted by atomic mass is 16.1. The molecule has 0 atom stereocenters. The number of aryl methyl sites for hydroxylation is 1. The van der Waals surface area contributed by atoms with Gasteiger partial charge in [-0.05, 0) is 19.1 Å². The number of aromatic amines is 2. The van der Waals surface area contributed by atoms with Crippen molar-refractivity contribution in [1.29, 1.82) is 0 Å². The fourth-order valence-electron chi connectivity index (χ4n) is 2.09. The average Bonchev–Trinajstić information content (AvgIpc) is 2.94. The van der Waals surface area contributed by atoms with Crippen molar-refractivity contribution >= 4 is 11.0 Å². The number of rotatable bonds is 2. The Bertz CT molecular complexity index is 811. The first kappa shape index (κ1) is 11.4. The summed E-state index contributed by atoms with van der Waals surface area (Å²) in [6.07, 6.45) is 5.59. The van der Waals surface area contributed by atoms with Crippen LogP contribution in [0, 0.1) is 19.3 Å². The van der Waals surface area contributed by atoms with Crippen LogP contribution in [-0.2, 0) is 6.42 Å². The van der Waals surface area contributed by atoms with Gasteiger partial charge in [-0.2, -0.15) is 4.68 Å². The van der Waals surface area contributed by atoms with E-state index in [1.165, 1.54) is 4.68 Å². The number of aromatic nitrogens is 4. The number of imidazole rings is 1. The number of para-hydroxylation sites is 2. The highest BCUT2D eigenvalue weighted by Gasteiger charge is 2.13. The molecule has 94 valence electrons. The van der Waals surface area contributed by atoms with E-state index in [0.717, 1.165) is 16.7 Å². The molecule has 0 radical (unpaired) electrons. The zero-order valence-electron chi connectivity index (χ0n) is 10.4. The predicted octanol–water partition coefficient (Wildman–Crippen LogP) is 1.53. The molecular weight excluding hydrogens is 240 g/mol. The molecule has 2 N–H and O–H groups in total. The van der Waals surface area contributed by atoms with Crippen LogP contribution in [0.4, 0.5) is 0 Å². The van der Waals surface area contributed by atoms with Crippen molar-refractivity contribution in [2.24, 2.45) is 0 Å². The third-order valence-electron chi connectivity index (χ3n) is 3.06. The number of hydrogen-bond donors (Lipinski definition) is 2. The van der Waals surface area contributed by atoms with Gasteiger partial charge in [0.15, 0.2) is 0 Å². The third kappa shape index (κ3) is 1.74. The highest BCUT2D eigenvalue weighted by Crippen LogP contribution is 2.12. The van der Waals surface area contributed by atoms with Crippen LogP contribution in [-0.4, -0.2) is 19.7 Å². The van der Waals surface area contributed by atoms with E-state index in [1.54, 1.807) is 0 Å². The number of H-pyrrole nitrogens is 2. The minimum Gasteiger partial charge on any atom is -0.322 e. The lowest BCUT2D eigenvalue weighted by molar-refractivity contribution is 0.790. The summed E-state index contributed by atoms with van der Waals surface area (Å²) in [6.45, 7) is 1.83. The second-order valence-corrected chi connectivity index (χ2v) is 4.31. The molecule has 0 bridgehead atoms. The van der Waals surface area contributed by atoms with Gasteiger partial charge >= 0.3 is 0 Å². The van der Waals surface area contributed by atoms with Crippen LogP contribution in [0.2, 0.25) is 0 Å². The second-order valence-electron chi connectivity index (χ2n) is 4.31. The number of benzene rings is 1. The maximum atomic E-state index is 12.2. The Morgan fingerprint density at radius 2 is 2.21 bits per heavy atom. The van der Waals surface area contributed by atoms with Crippen LogP contribution in [0.25, 0.3) is 17.0 Å². The quantitative estimate of drug-likeness (QED) is 0.679. The minimum atomic E-state index is -0.158. The van der Waals surface area contributed by atoms with E-state index in [-0.39, 0.29) is 5.56 Å². The first-order valence-electron chi connectivity index (χ1n) is 5.90. The monoisotopic (exact) mass is 252 g/mol. The Morgan fingerprint density at radius 1 is 1.42 bits per heavy atom. The maximum Gasteiger partial charge on any atom is 0.278 e. The van der Waals surface area contributed by atoms with Crippen molar-refractivity contribution in [3.8, 4) is 18.3 Å². The SMILES string of the molecule is C#CCc1c(C)[nH]n(-c2nc3ccccc3[nH]2)c1=O. The van der Waals surface area contributed by atoms with Crippen molar-refractivity contribution in [2.75, 3.05) is 0 Å². The van der Waals surface area contributed by atoms with Gasteiger partial charge in [-0.3, -0.25) is 9.89 Å². The predicted molar refractivity (Wildman–Crippen MR) is 73.3 cm³/mol. The lowest BCUT2D eigenvalue weighted by atomic mass is 10.2. The zero-order valence-corrected chi connectivity index (χ0v) is 10.4. The molecule has 5 heteroatoms. The minimum absolute atomic E-state index is 0.158. The van der Waals surface area contributed by atoms with E-state index in [0.29, 0.717) is 17.9 Å². The summed E-state index contributed by atoms with van der Waals surface area (Å²) in [5.74, 6) is 2.96. The molecule has 0 saturated carbocycles. The fourth-order valence-corrected chi connectivity index (χ4v) is 2.09. The molecule has 2 aromatic heterocycles. The molecule has 2 heterocycles. The molecule has 5 nitrogen and oxygen atoms in total. The first-order valence-corrected chi connectivity index (χ1v) is 5.90. The second kappa shape index (κ2) is 4.18. The average molecular weight is 252 g/mol. The van der Waals surface area contributed by atoms with Gasteiger partial charge in [0.25, 0.3) is 5.56 Å². The Morgan fingerprint density at radius 3 is 2.95 bits per heavy atom. The van der Waals surface area contributed by atoms with Gasteiger partial charge in [0, 0.05) is 12.1 Å². The van der Waals surface area contributed by atoms with Crippen molar-refractivity contribution < 1.29 is 0 Å². The topological polar surface area (TPSA) is 66.5 Å². The molecule has 0 unspecified atom stereocenters. The van der Waals surface area contributed by atoms with Crippen LogP contribution in [0.15, 0.2) is 29.1 Å². The number of nitrogens with one attached hydrogen (secondary N) is 2. The van der Waals surface area contributed by atoms with Crippen molar-refractivity contribution in [2.45, 2.75) is 13.3 Å². The molecular formula is C14H12N4O. The van der Waals surface area contributed by atoms with Gasteiger partial charge < -0.3 is 4.98 Å².